The predicted octanol–water partition coefficient (Wildman–Crippen LogP) is 3.05. The molecular weight excluding hydrogens is 258 g/mol. The van der Waals surface area contributed by atoms with Gasteiger partial charge in [0.05, 0.1) is 4.92 Å². The summed E-state index contributed by atoms with van der Waals surface area (Å²) in [5.74, 6) is 1.07. The van der Waals surface area contributed by atoms with Crippen molar-refractivity contribution in [1.29, 1.82) is 0 Å². The van der Waals surface area contributed by atoms with Crippen LogP contribution in [0.15, 0.2) is 6.33 Å². The van der Waals surface area contributed by atoms with Gasteiger partial charge in [0, 0.05) is 12.6 Å². The number of nitrogens with one attached hydrogen (secondary N) is 2. The largest absolute Gasteiger partial charge is 0.364 e. The summed E-state index contributed by atoms with van der Waals surface area (Å²) in [6.45, 7) is 8.82. The molecule has 0 aliphatic heterocycles. The smallest absolute Gasteiger partial charge is 0.353 e. The zero-order valence-corrected chi connectivity index (χ0v) is 12.5. The molecular formula is C13H23N5O2. The molecule has 7 heteroatoms. The lowest BCUT2D eigenvalue weighted by molar-refractivity contribution is -0.383. The van der Waals surface area contributed by atoms with Gasteiger partial charge in [0.25, 0.3) is 0 Å². The Morgan fingerprint density at radius 1 is 1.30 bits per heavy atom. The van der Waals surface area contributed by atoms with Crippen molar-refractivity contribution in [3.05, 3.63) is 16.4 Å². The van der Waals surface area contributed by atoms with Gasteiger partial charge in [0.15, 0.2) is 0 Å². The second kappa shape index (κ2) is 7.62. The summed E-state index contributed by atoms with van der Waals surface area (Å²) in [7, 11) is 0. The average Bonchev–Trinajstić information content (AvgIpc) is 2.37. The van der Waals surface area contributed by atoms with Crippen LogP contribution in [0.1, 0.15) is 40.5 Å². The van der Waals surface area contributed by atoms with Crippen molar-refractivity contribution in [3.63, 3.8) is 0 Å². The van der Waals surface area contributed by atoms with Crippen LogP contribution in [0.4, 0.5) is 17.3 Å². The van der Waals surface area contributed by atoms with Crippen LogP contribution >= 0.6 is 0 Å². The fourth-order valence-electron chi connectivity index (χ4n) is 1.60. The van der Waals surface area contributed by atoms with Gasteiger partial charge in [-0.1, -0.05) is 20.8 Å². The van der Waals surface area contributed by atoms with Crippen LogP contribution in [0.5, 0.6) is 0 Å². The first-order valence-corrected chi connectivity index (χ1v) is 6.95. The minimum atomic E-state index is -0.442. The van der Waals surface area contributed by atoms with Gasteiger partial charge in [0.2, 0.25) is 11.6 Å². The summed E-state index contributed by atoms with van der Waals surface area (Å²) in [5.41, 5.74) is -0.0865. The van der Waals surface area contributed by atoms with E-state index in [1.165, 1.54) is 6.33 Å². The van der Waals surface area contributed by atoms with Crippen molar-refractivity contribution in [2.45, 2.75) is 46.6 Å². The normalized spacial score (nSPS) is 12.2. The summed E-state index contributed by atoms with van der Waals surface area (Å²) in [6.07, 6.45) is 3.13. The number of aromatic nitrogens is 2. The van der Waals surface area contributed by atoms with Gasteiger partial charge in [-0.15, -0.1) is 0 Å². The summed E-state index contributed by atoms with van der Waals surface area (Å²) >= 11 is 0. The van der Waals surface area contributed by atoms with E-state index in [1.807, 2.05) is 13.8 Å². The summed E-state index contributed by atoms with van der Waals surface area (Å²) in [6, 6.07) is 0.118. The molecule has 1 aromatic heterocycles. The first-order valence-electron chi connectivity index (χ1n) is 6.95. The molecule has 0 fully saturated rings. The summed E-state index contributed by atoms with van der Waals surface area (Å²) < 4.78 is 0. The molecule has 2 N–H and O–H groups in total. The first-order chi connectivity index (χ1) is 9.45. The molecule has 1 rings (SSSR count). The molecule has 1 aromatic rings. The molecule has 0 aromatic carbocycles. The number of nitrogens with zero attached hydrogens (tertiary/aromatic N) is 3. The third-order valence-corrected chi connectivity index (χ3v) is 3.01. The van der Waals surface area contributed by atoms with E-state index in [4.69, 9.17) is 0 Å². The maximum atomic E-state index is 11.3. The highest BCUT2D eigenvalue weighted by molar-refractivity contribution is 5.69. The molecule has 20 heavy (non-hydrogen) atoms. The minimum Gasteiger partial charge on any atom is -0.364 e. The van der Waals surface area contributed by atoms with Crippen LogP contribution in [0, 0.1) is 16.0 Å². The average molecular weight is 281 g/mol. The van der Waals surface area contributed by atoms with Gasteiger partial charge in [-0.2, -0.15) is 0 Å². The first kappa shape index (κ1) is 16.1. The van der Waals surface area contributed by atoms with E-state index in [-0.39, 0.29) is 23.4 Å². The predicted molar refractivity (Wildman–Crippen MR) is 80.0 cm³/mol. The molecule has 0 radical (unpaired) electrons. The third kappa shape index (κ3) is 4.64. The lowest BCUT2D eigenvalue weighted by atomic mass is 10.1. The van der Waals surface area contributed by atoms with Crippen LogP contribution < -0.4 is 10.6 Å². The Hall–Kier alpha value is -1.92. The molecule has 112 valence electrons. The molecule has 7 nitrogen and oxygen atoms in total. The van der Waals surface area contributed by atoms with Crippen molar-refractivity contribution in [3.8, 4) is 0 Å². The van der Waals surface area contributed by atoms with Crippen molar-refractivity contribution >= 4 is 17.3 Å². The van der Waals surface area contributed by atoms with E-state index in [1.54, 1.807) is 0 Å². The van der Waals surface area contributed by atoms with E-state index in [9.17, 15) is 10.1 Å². The zero-order chi connectivity index (χ0) is 15.1. The van der Waals surface area contributed by atoms with E-state index in [0.29, 0.717) is 12.5 Å². The van der Waals surface area contributed by atoms with Crippen LogP contribution in [0.2, 0.25) is 0 Å². The van der Waals surface area contributed by atoms with Gasteiger partial charge in [-0.25, -0.2) is 9.97 Å². The number of rotatable bonds is 8. The van der Waals surface area contributed by atoms with Gasteiger partial charge < -0.3 is 10.6 Å². The highest BCUT2D eigenvalue weighted by Gasteiger charge is 2.23. The van der Waals surface area contributed by atoms with Crippen LogP contribution in [0.25, 0.3) is 0 Å². The van der Waals surface area contributed by atoms with Crippen LogP contribution in [-0.4, -0.2) is 27.5 Å². The van der Waals surface area contributed by atoms with Gasteiger partial charge in [0.1, 0.15) is 6.33 Å². The zero-order valence-electron chi connectivity index (χ0n) is 12.5. The maximum Gasteiger partial charge on any atom is 0.353 e. The highest BCUT2D eigenvalue weighted by Crippen LogP contribution is 2.29. The Labute approximate surface area is 119 Å². The minimum absolute atomic E-state index is 0.0865. The molecule has 1 unspecified atom stereocenters. The second-order valence-electron chi connectivity index (χ2n) is 5.24. The van der Waals surface area contributed by atoms with E-state index < -0.39 is 4.92 Å². The Bertz CT molecular complexity index is 450. The molecule has 1 heterocycles. The molecule has 0 amide bonds. The number of hydrogen-bond acceptors (Lipinski definition) is 6. The second-order valence-corrected chi connectivity index (χ2v) is 5.24. The van der Waals surface area contributed by atoms with E-state index >= 15 is 0 Å². The Morgan fingerprint density at radius 2 is 1.95 bits per heavy atom. The molecule has 0 aliphatic carbocycles. The van der Waals surface area contributed by atoms with Crippen molar-refractivity contribution in [2.24, 2.45) is 5.92 Å². The number of hydrogen-bond donors (Lipinski definition) is 2. The van der Waals surface area contributed by atoms with Gasteiger partial charge in [-0.05, 0) is 25.7 Å². The number of nitro groups is 1. The third-order valence-electron chi connectivity index (χ3n) is 3.01. The summed E-state index contributed by atoms with van der Waals surface area (Å²) in [5, 5.41) is 17.3. The quantitative estimate of drug-likeness (QED) is 0.562. The SMILES string of the molecule is CCC(C)Nc1ncnc(NCCC(C)C)c1[N+](=O)[O-]. The fraction of sp³-hybridized carbons (Fsp3) is 0.692. The highest BCUT2D eigenvalue weighted by atomic mass is 16.6. The Morgan fingerprint density at radius 3 is 2.50 bits per heavy atom. The van der Waals surface area contributed by atoms with Crippen LogP contribution in [-0.2, 0) is 0 Å². The van der Waals surface area contributed by atoms with E-state index in [2.05, 4.69) is 34.4 Å². The van der Waals surface area contributed by atoms with Crippen molar-refractivity contribution < 1.29 is 4.92 Å². The lowest BCUT2D eigenvalue weighted by Crippen LogP contribution is -2.17. The Balaban J connectivity index is 2.93. The lowest BCUT2D eigenvalue weighted by Gasteiger charge is -2.14. The molecule has 0 spiro atoms. The topological polar surface area (TPSA) is 93.0 Å². The molecule has 0 bridgehead atoms. The number of anilines is 2. The van der Waals surface area contributed by atoms with Crippen molar-refractivity contribution in [1.82, 2.24) is 9.97 Å². The molecule has 0 saturated heterocycles. The standard InChI is InChI=1S/C13H23N5O2/c1-5-10(4)17-13-11(18(19)20)12(15-8-16-13)14-7-6-9(2)3/h8-10H,5-7H2,1-4H3,(H2,14,15,16,17). The van der Waals surface area contributed by atoms with E-state index in [0.717, 1.165) is 12.8 Å². The molecule has 0 saturated carbocycles. The molecule has 0 aliphatic rings. The van der Waals surface area contributed by atoms with Crippen molar-refractivity contribution in [2.75, 3.05) is 17.2 Å². The van der Waals surface area contributed by atoms with Gasteiger partial charge in [-0.3, -0.25) is 10.1 Å². The Kier molecular flexibility index (Phi) is 6.14. The molecule has 1 atom stereocenters. The maximum absolute atomic E-state index is 11.3. The monoisotopic (exact) mass is 281 g/mol. The fourth-order valence-corrected chi connectivity index (χ4v) is 1.60. The van der Waals surface area contributed by atoms with Gasteiger partial charge >= 0.3 is 5.69 Å². The summed E-state index contributed by atoms with van der Waals surface area (Å²) in [4.78, 5) is 18.8. The van der Waals surface area contributed by atoms with Crippen LogP contribution in [0.3, 0.4) is 0 Å².